The Balaban J connectivity index is 1.71. The highest BCUT2D eigenvalue weighted by Gasteiger charge is 2.30. The fourth-order valence-corrected chi connectivity index (χ4v) is 4.05. The number of piperazine rings is 1. The molecule has 29 heavy (non-hydrogen) atoms. The van der Waals surface area contributed by atoms with Gasteiger partial charge in [-0.15, -0.1) is 11.3 Å². The van der Waals surface area contributed by atoms with Crippen LogP contribution in [0.5, 0.6) is 0 Å². The SMILES string of the molecule is Cc1nc(-c2c(F)cccc2F)sc1C(=O)N1CCN(C(=O)OC(C)(C)C)CC1. The van der Waals surface area contributed by atoms with Gasteiger partial charge >= 0.3 is 6.09 Å². The molecule has 1 aliphatic heterocycles. The number of halogens is 2. The van der Waals surface area contributed by atoms with Gasteiger partial charge < -0.3 is 14.5 Å². The minimum absolute atomic E-state index is 0.133. The van der Waals surface area contributed by atoms with Gasteiger partial charge in [0.15, 0.2) is 0 Å². The van der Waals surface area contributed by atoms with E-state index in [9.17, 15) is 18.4 Å². The second kappa shape index (κ2) is 8.06. The Hall–Kier alpha value is -2.55. The molecular formula is C20H23F2N3O3S. The molecule has 0 atom stereocenters. The van der Waals surface area contributed by atoms with Crippen molar-refractivity contribution in [1.82, 2.24) is 14.8 Å². The third kappa shape index (κ3) is 4.72. The van der Waals surface area contributed by atoms with Gasteiger partial charge in [-0.3, -0.25) is 4.79 Å². The highest BCUT2D eigenvalue weighted by atomic mass is 32.1. The first-order valence-corrected chi connectivity index (χ1v) is 10.1. The molecule has 1 aromatic heterocycles. The van der Waals surface area contributed by atoms with E-state index in [1.807, 2.05) is 0 Å². The summed E-state index contributed by atoms with van der Waals surface area (Å²) in [7, 11) is 0. The fourth-order valence-electron chi connectivity index (χ4n) is 2.97. The molecular weight excluding hydrogens is 400 g/mol. The number of ether oxygens (including phenoxy) is 1. The van der Waals surface area contributed by atoms with Crippen molar-refractivity contribution in [1.29, 1.82) is 0 Å². The molecule has 6 nitrogen and oxygen atoms in total. The molecule has 0 aliphatic carbocycles. The van der Waals surface area contributed by atoms with Crippen molar-refractivity contribution >= 4 is 23.3 Å². The lowest BCUT2D eigenvalue weighted by atomic mass is 10.2. The van der Waals surface area contributed by atoms with E-state index in [1.165, 1.54) is 6.07 Å². The highest BCUT2D eigenvalue weighted by Crippen LogP contribution is 2.32. The molecule has 0 N–H and O–H groups in total. The number of hydrogen-bond acceptors (Lipinski definition) is 5. The summed E-state index contributed by atoms with van der Waals surface area (Å²) in [6.07, 6.45) is -0.407. The zero-order valence-electron chi connectivity index (χ0n) is 16.8. The van der Waals surface area contributed by atoms with Crippen LogP contribution in [0.2, 0.25) is 0 Å². The number of aromatic nitrogens is 1. The number of carbonyl (C=O) groups excluding carboxylic acids is 2. The van der Waals surface area contributed by atoms with Crippen molar-refractivity contribution in [3.05, 3.63) is 40.4 Å². The van der Waals surface area contributed by atoms with Gasteiger partial charge in [-0.1, -0.05) is 6.07 Å². The fraction of sp³-hybridized carbons (Fsp3) is 0.450. The van der Waals surface area contributed by atoms with Gasteiger partial charge in [0.2, 0.25) is 0 Å². The Morgan fingerprint density at radius 3 is 2.17 bits per heavy atom. The van der Waals surface area contributed by atoms with Crippen LogP contribution in [0.3, 0.4) is 0 Å². The smallest absolute Gasteiger partial charge is 0.410 e. The average Bonchev–Trinajstić information content (AvgIpc) is 3.01. The molecule has 2 heterocycles. The van der Waals surface area contributed by atoms with Crippen LogP contribution in [-0.4, -0.2) is 58.6 Å². The lowest BCUT2D eigenvalue weighted by molar-refractivity contribution is 0.0141. The molecule has 1 fully saturated rings. The molecule has 2 aromatic rings. The number of nitrogens with zero attached hydrogens (tertiary/aromatic N) is 3. The van der Waals surface area contributed by atoms with Crippen molar-refractivity contribution in [3.63, 3.8) is 0 Å². The van der Waals surface area contributed by atoms with Crippen LogP contribution in [0.25, 0.3) is 10.6 Å². The summed E-state index contributed by atoms with van der Waals surface area (Å²) in [4.78, 5) is 32.8. The lowest BCUT2D eigenvalue weighted by Gasteiger charge is -2.35. The molecule has 1 aromatic carbocycles. The molecule has 0 bridgehead atoms. The van der Waals surface area contributed by atoms with E-state index in [2.05, 4.69) is 4.98 Å². The van der Waals surface area contributed by atoms with E-state index in [1.54, 1.807) is 37.5 Å². The maximum atomic E-state index is 14.1. The summed E-state index contributed by atoms with van der Waals surface area (Å²) < 4.78 is 33.5. The van der Waals surface area contributed by atoms with Crippen LogP contribution in [0.1, 0.15) is 36.1 Å². The Morgan fingerprint density at radius 2 is 1.62 bits per heavy atom. The molecule has 1 saturated heterocycles. The minimum Gasteiger partial charge on any atom is -0.444 e. The van der Waals surface area contributed by atoms with Crippen LogP contribution in [0.4, 0.5) is 13.6 Å². The Morgan fingerprint density at radius 1 is 1.07 bits per heavy atom. The predicted molar refractivity (Wildman–Crippen MR) is 106 cm³/mol. The second-order valence-electron chi connectivity index (χ2n) is 7.79. The van der Waals surface area contributed by atoms with E-state index >= 15 is 0 Å². The molecule has 1 aliphatic rings. The van der Waals surface area contributed by atoms with E-state index in [4.69, 9.17) is 4.74 Å². The van der Waals surface area contributed by atoms with Crippen LogP contribution in [-0.2, 0) is 4.74 Å². The zero-order chi connectivity index (χ0) is 21.3. The molecule has 0 spiro atoms. The first-order valence-electron chi connectivity index (χ1n) is 9.26. The Kier molecular flexibility index (Phi) is 5.88. The number of amides is 2. The second-order valence-corrected chi connectivity index (χ2v) is 8.79. The molecule has 156 valence electrons. The largest absolute Gasteiger partial charge is 0.444 e. The number of thiazole rings is 1. The first kappa shape index (κ1) is 21.2. The molecule has 0 radical (unpaired) electrons. The molecule has 0 saturated carbocycles. The normalized spacial score (nSPS) is 14.8. The summed E-state index contributed by atoms with van der Waals surface area (Å²) >= 11 is 0.970. The van der Waals surface area contributed by atoms with E-state index in [0.29, 0.717) is 36.8 Å². The summed E-state index contributed by atoms with van der Waals surface area (Å²) in [6.45, 7) is 8.44. The van der Waals surface area contributed by atoms with Crippen LogP contribution in [0.15, 0.2) is 18.2 Å². The number of benzene rings is 1. The van der Waals surface area contributed by atoms with Gasteiger partial charge in [0, 0.05) is 26.2 Å². The summed E-state index contributed by atoms with van der Waals surface area (Å²) in [5.41, 5.74) is -0.385. The first-order chi connectivity index (χ1) is 13.6. The van der Waals surface area contributed by atoms with Crippen molar-refractivity contribution in [2.75, 3.05) is 26.2 Å². The van der Waals surface area contributed by atoms with Crippen molar-refractivity contribution < 1.29 is 23.1 Å². The highest BCUT2D eigenvalue weighted by molar-refractivity contribution is 7.17. The predicted octanol–water partition coefficient (Wildman–Crippen LogP) is 4.09. The van der Waals surface area contributed by atoms with Crippen molar-refractivity contribution in [2.45, 2.75) is 33.3 Å². The quantitative estimate of drug-likeness (QED) is 0.730. The van der Waals surface area contributed by atoms with Gasteiger partial charge in [0.05, 0.1) is 11.3 Å². The van der Waals surface area contributed by atoms with Gasteiger partial charge in [0.1, 0.15) is 27.1 Å². The average molecular weight is 423 g/mol. The minimum atomic E-state index is -0.719. The third-order valence-corrected chi connectivity index (χ3v) is 5.55. The molecule has 0 unspecified atom stereocenters. The van der Waals surface area contributed by atoms with Crippen LogP contribution >= 0.6 is 11.3 Å². The summed E-state index contributed by atoms with van der Waals surface area (Å²) in [5.74, 6) is -1.70. The molecule has 3 rings (SSSR count). The van der Waals surface area contributed by atoms with E-state index in [0.717, 1.165) is 23.5 Å². The third-order valence-electron chi connectivity index (χ3n) is 4.39. The summed E-state index contributed by atoms with van der Waals surface area (Å²) in [6, 6.07) is 3.60. The van der Waals surface area contributed by atoms with Crippen molar-refractivity contribution in [2.24, 2.45) is 0 Å². The van der Waals surface area contributed by atoms with Crippen LogP contribution < -0.4 is 0 Å². The zero-order valence-corrected chi connectivity index (χ0v) is 17.6. The van der Waals surface area contributed by atoms with Crippen molar-refractivity contribution in [3.8, 4) is 10.6 Å². The number of rotatable bonds is 2. The van der Waals surface area contributed by atoms with Gasteiger partial charge in [0.25, 0.3) is 5.91 Å². The number of aryl methyl sites for hydroxylation is 1. The van der Waals surface area contributed by atoms with E-state index < -0.39 is 23.3 Å². The maximum absolute atomic E-state index is 14.1. The maximum Gasteiger partial charge on any atom is 0.410 e. The number of carbonyl (C=O) groups is 2. The topological polar surface area (TPSA) is 62.7 Å². The molecule has 9 heteroatoms. The standard InChI is InChI=1S/C20H23F2N3O3S/c1-12-16(29-17(23-12)15-13(21)6-5-7-14(15)22)18(26)24-8-10-25(11-9-24)19(27)28-20(2,3)4/h5-7H,8-11H2,1-4H3. The van der Waals surface area contributed by atoms with Gasteiger partial charge in [-0.05, 0) is 39.8 Å². The van der Waals surface area contributed by atoms with Crippen LogP contribution in [0, 0.1) is 18.6 Å². The number of hydrogen-bond donors (Lipinski definition) is 0. The van der Waals surface area contributed by atoms with Gasteiger partial charge in [-0.25, -0.2) is 18.6 Å². The van der Waals surface area contributed by atoms with Gasteiger partial charge in [-0.2, -0.15) is 0 Å². The Bertz CT molecular complexity index is 911. The lowest BCUT2D eigenvalue weighted by Crippen LogP contribution is -2.51. The molecule has 2 amide bonds. The summed E-state index contributed by atoms with van der Waals surface area (Å²) in [5, 5.41) is 0.133. The van der Waals surface area contributed by atoms with E-state index in [-0.39, 0.29) is 16.5 Å². The Labute approximate surface area is 172 Å². The monoisotopic (exact) mass is 423 g/mol.